The molecule has 0 saturated carbocycles. The molecule has 0 aliphatic carbocycles. The highest BCUT2D eigenvalue weighted by Crippen LogP contribution is 2.17. The fourth-order valence-corrected chi connectivity index (χ4v) is 2.39. The Labute approximate surface area is 127 Å². The maximum atomic E-state index is 11.9. The van der Waals surface area contributed by atoms with Crippen molar-refractivity contribution in [3.05, 3.63) is 40.4 Å². The van der Waals surface area contributed by atoms with Crippen LogP contribution in [-0.2, 0) is 0 Å². The Kier molecular flexibility index (Phi) is 4.87. The van der Waals surface area contributed by atoms with Gasteiger partial charge in [0.25, 0.3) is 5.91 Å². The van der Waals surface area contributed by atoms with Crippen molar-refractivity contribution in [2.24, 2.45) is 0 Å². The van der Waals surface area contributed by atoms with Crippen LogP contribution in [-0.4, -0.2) is 41.2 Å². The van der Waals surface area contributed by atoms with Crippen molar-refractivity contribution in [3.8, 4) is 0 Å². The zero-order valence-corrected chi connectivity index (χ0v) is 13.0. The van der Waals surface area contributed by atoms with Crippen LogP contribution in [0.2, 0.25) is 0 Å². The molecule has 0 spiro atoms. The largest absolute Gasteiger partial charge is 0.387 e. The quantitative estimate of drug-likeness (QED) is 0.872. The summed E-state index contributed by atoms with van der Waals surface area (Å²) < 4.78 is 3.72. The maximum absolute atomic E-state index is 11.9. The highest BCUT2D eigenvalue weighted by Gasteiger charge is 2.15. The molecule has 1 amide bonds. The van der Waals surface area contributed by atoms with E-state index < -0.39 is 6.10 Å². The number of aliphatic hydroxyl groups excluding tert-OH is 1. The number of rotatable bonds is 5. The van der Waals surface area contributed by atoms with Crippen molar-refractivity contribution in [1.82, 2.24) is 14.9 Å². The number of benzene rings is 1. The molecule has 1 heterocycles. The van der Waals surface area contributed by atoms with Crippen molar-refractivity contribution in [2.75, 3.05) is 25.5 Å². The predicted molar refractivity (Wildman–Crippen MR) is 82.7 cm³/mol. The van der Waals surface area contributed by atoms with Gasteiger partial charge in [-0.25, -0.2) is 0 Å². The lowest BCUT2D eigenvalue weighted by atomic mass is 10.1. The van der Waals surface area contributed by atoms with Crippen molar-refractivity contribution in [2.45, 2.75) is 13.0 Å². The van der Waals surface area contributed by atoms with Crippen LogP contribution in [0.5, 0.6) is 0 Å². The molecule has 0 fully saturated rings. The van der Waals surface area contributed by atoms with Crippen LogP contribution in [0.1, 0.15) is 27.0 Å². The maximum Gasteiger partial charge on any atom is 0.265 e. The number of carbonyl (C=O) groups excluding carboxylic acids is 1. The molecule has 6 nitrogen and oxygen atoms in total. The average Bonchev–Trinajstić information content (AvgIpc) is 2.90. The van der Waals surface area contributed by atoms with E-state index in [-0.39, 0.29) is 12.5 Å². The molecule has 7 heteroatoms. The van der Waals surface area contributed by atoms with E-state index in [1.54, 1.807) is 6.92 Å². The highest BCUT2D eigenvalue weighted by atomic mass is 32.1. The van der Waals surface area contributed by atoms with E-state index >= 15 is 0 Å². The van der Waals surface area contributed by atoms with Gasteiger partial charge in [-0.15, -0.1) is 5.10 Å². The van der Waals surface area contributed by atoms with E-state index in [1.807, 2.05) is 43.3 Å². The van der Waals surface area contributed by atoms with Gasteiger partial charge in [0.2, 0.25) is 0 Å². The fraction of sp³-hybridized carbons (Fsp3) is 0.357. The Morgan fingerprint density at radius 1 is 1.38 bits per heavy atom. The molecule has 2 N–H and O–H groups in total. The molecular formula is C14H18N4O2S. The molecule has 2 aromatic rings. The molecule has 2 rings (SSSR count). The monoisotopic (exact) mass is 306 g/mol. The molecule has 1 unspecified atom stereocenters. The predicted octanol–water partition coefficient (Wildman–Crippen LogP) is 1.38. The van der Waals surface area contributed by atoms with Gasteiger partial charge < -0.3 is 15.3 Å². The third-order valence-corrected chi connectivity index (χ3v) is 3.93. The normalized spacial score (nSPS) is 12.0. The molecule has 0 bridgehead atoms. The molecule has 21 heavy (non-hydrogen) atoms. The summed E-state index contributed by atoms with van der Waals surface area (Å²) >= 11 is 1.05. The second kappa shape index (κ2) is 6.64. The number of amides is 1. The van der Waals surface area contributed by atoms with Crippen LogP contribution in [0.3, 0.4) is 0 Å². The number of aromatic nitrogens is 2. The summed E-state index contributed by atoms with van der Waals surface area (Å²) in [5, 5.41) is 16.6. The number of anilines is 1. The number of aliphatic hydroxyl groups is 1. The summed E-state index contributed by atoms with van der Waals surface area (Å²) in [6.45, 7) is 1.88. The Bertz CT molecular complexity index is 610. The topological polar surface area (TPSA) is 78.3 Å². The standard InChI is InChI=1S/C14H18N4O2S/c1-9-13(21-17-16-9)14(20)15-8-12(19)10-4-6-11(7-5-10)18(2)3/h4-7,12,19H,8H2,1-3H3,(H,15,20). The second-order valence-electron chi connectivity index (χ2n) is 4.90. The summed E-state index contributed by atoms with van der Waals surface area (Å²) in [6, 6.07) is 7.56. The van der Waals surface area contributed by atoms with Gasteiger partial charge in [-0.3, -0.25) is 4.79 Å². The van der Waals surface area contributed by atoms with Gasteiger partial charge in [-0.2, -0.15) is 0 Å². The number of carbonyl (C=O) groups is 1. The van der Waals surface area contributed by atoms with Gasteiger partial charge in [0, 0.05) is 26.3 Å². The van der Waals surface area contributed by atoms with Gasteiger partial charge in [0.05, 0.1) is 11.8 Å². The van der Waals surface area contributed by atoms with Gasteiger partial charge in [0.1, 0.15) is 4.88 Å². The summed E-state index contributed by atoms with van der Waals surface area (Å²) in [6.07, 6.45) is -0.744. The van der Waals surface area contributed by atoms with E-state index in [1.165, 1.54) is 0 Å². The van der Waals surface area contributed by atoms with Crippen LogP contribution in [0.15, 0.2) is 24.3 Å². The smallest absolute Gasteiger partial charge is 0.265 e. The van der Waals surface area contributed by atoms with Gasteiger partial charge in [-0.1, -0.05) is 16.6 Å². The summed E-state index contributed by atoms with van der Waals surface area (Å²) in [7, 11) is 3.91. The summed E-state index contributed by atoms with van der Waals surface area (Å²) in [4.78, 5) is 14.4. The zero-order valence-electron chi connectivity index (χ0n) is 12.2. The molecule has 112 valence electrons. The first-order valence-corrected chi connectivity index (χ1v) is 7.29. The van der Waals surface area contributed by atoms with E-state index in [0.717, 1.165) is 22.8 Å². The highest BCUT2D eigenvalue weighted by molar-refractivity contribution is 7.07. The molecule has 1 aromatic carbocycles. The van der Waals surface area contributed by atoms with Crippen LogP contribution in [0.25, 0.3) is 0 Å². The second-order valence-corrected chi connectivity index (χ2v) is 5.65. The molecule has 1 atom stereocenters. The lowest BCUT2D eigenvalue weighted by Gasteiger charge is -2.15. The van der Waals surface area contributed by atoms with Crippen LogP contribution >= 0.6 is 11.5 Å². The Morgan fingerprint density at radius 2 is 2.05 bits per heavy atom. The summed E-state index contributed by atoms with van der Waals surface area (Å²) in [5.41, 5.74) is 2.42. The van der Waals surface area contributed by atoms with E-state index in [9.17, 15) is 9.90 Å². The lowest BCUT2D eigenvalue weighted by molar-refractivity contribution is 0.0919. The number of hydrogen-bond donors (Lipinski definition) is 2. The first kappa shape index (κ1) is 15.4. The van der Waals surface area contributed by atoms with Crippen LogP contribution in [0, 0.1) is 6.92 Å². The van der Waals surface area contributed by atoms with Crippen LogP contribution in [0.4, 0.5) is 5.69 Å². The minimum atomic E-state index is -0.744. The zero-order chi connectivity index (χ0) is 15.4. The Hall–Kier alpha value is -1.99. The number of nitrogens with zero attached hydrogens (tertiary/aromatic N) is 3. The first-order valence-electron chi connectivity index (χ1n) is 6.51. The van der Waals surface area contributed by atoms with E-state index in [2.05, 4.69) is 14.9 Å². The number of hydrogen-bond acceptors (Lipinski definition) is 6. The SMILES string of the molecule is Cc1nnsc1C(=O)NCC(O)c1ccc(N(C)C)cc1. The Balaban J connectivity index is 1.94. The molecule has 0 aliphatic heterocycles. The summed E-state index contributed by atoms with van der Waals surface area (Å²) in [5.74, 6) is -0.258. The van der Waals surface area contributed by atoms with Gasteiger partial charge >= 0.3 is 0 Å². The molecule has 0 aliphatic rings. The van der Waals surface area contributed by atoms with Gasteiger partial charge in [-0.05, 0) is 36.2 Å². The fourth-order valence-electron chi connectivity index (χ4n) is 1.82. The number of aryl methyl sites for hydroxylation is 1. The van der Waals surface area contributed by atoms with Crippen molar-refractivity contribution in [1.29, 1.82) is 0 Å². The Morgan fingerprint density at radius 3 is 2.57 bits per heavy atom. The minimum Gasteiger partial charge on any atom is -0.387 e. The number of nitrogens with one attached hydrogen (secondary N) is 1. The van der Waals surface area contributed by atoms with Crippen molar-refractivity contribution < 1.29 is 9.90 Å². The molecule has 0 radical (unpaired) electrons. The third-order valence-electron chi connectivity index (χ3n) is 3.11. The van der Waals surface area contributed by atoms with Crippen molar-refractivity contribution >= 4 is 23.1 Å². The molecular weight excluding hydrogens is 288 g/mol. The van der Waals surface area contributed by atoms with E-state index in [0.29, 0.717) is 10.6 Å². The molecule has 0 saturated heterocycles. The van der Waals surface area contributed by atoms with Gasteiger partial charge in [0.15, 0.2) is 0 Å². The van der Waals surface area contributed by atoms with Crippen molar-refractivity contribution in [3.63, 3.8) is 0 Å². The molecule has 1 aromatic heterocycles. The third kappa shape index (κ3) is 3.77. The lowest BCUT2D eigenvalue weighted by Crippen LogP contribution is -2.28. The average molecular weight is 306 g/mol. The van der Waals surface area contributed by atoms with E-state index in [4.69, 9.17) is 0 Å². The minimum absolute atomic E-state index is 0.150. The van der Waals surface area contributed by atoms with Crippen LogP contribution < -0.4 is 10.2 Å². The first-order chi connectivity index (χ1) is 9.99.